The van der Waals surface area contributed by atoms with Crippen LogP contribution in [0.5, 0.6) is 0 Å². The number of ether oxygens (including phenoxy) is 1. The Kier molecular flexibility index (Phi) is 5.74. The van der Waals surface area contributed by atoms with Crippen molar-refractivity contribution in [1.82, 2.24) is 0 Å². The van der Waals surface area contributed by atoms with E-state index < -0.39 is 22.5 Å². The molecule has 128 valence electrons. The van der Waals surface area contributed by atoms with Crippen molar-refractivity contribution in [3.05, 3.63) is 58.1 Å². The van der Waals surface area contributed by atoms with Crippen molar-refractivity contribution in [2.75, 3.05) is 18.0 Å². The topological polar surface area (TPSA) is 63.7 Å². The van der Waals surface area contributed by atoms with E-state index in [0.717, 1.165) is 9.87 Å². The largest absolute Gasteiger partial charge is 0.468 e. The number of sulfonamides is 1. The van der Waals surface area contributed by atoms with Crippen LogP contribution in [-0.2, 0) is 19.6 Å². The lowest BCUT2D eigenvalue weighted by atomic mass is 10.2. The normalized spacial score (nSPS) is 11.2. The third-order valence-corrected chi connectivity index (χ3v) is 5.61. The summed E-state index contributed by atoms with van der Waals surface area (Å²) >= 11 is 12.1. The number of anilines is 1. The average Bonchev–Trinajstić information content (AvgIpc) is 2.55. The van der Waals surface area contributed by atoms with Crippen molar-refractivity contribution in [2.24, 2.45) is 0 Å². The summed E-state index contributed by atoms with van der Waals surface area (Å²) in [6.45, 7) is 1.32. The minimum atomic E-state index is -4.03. The van der Waals surface area contributed by atoms with E-state index >= 15 is 0 Å². The van der Waals surface area contributed by atoms with Crippen LogP contribution in [-0.4, -0.2) is 28.0 Å². The lowest BCUT2D eigenvalue weighted by Crippen LogP contribution is -2.36. The first kappa shape index (κ1) is 18.6. The minimum absolute atomic E-state index is 0.0352. The third kappa shape index (κ3) is 4.01. The van der Waals surface area contributed by atoms with Crippen LogP contribution in [0.2, 0.25) is 10.0 Å². The van der Waals surface area contributed by atoms with Gasteiger partial charge in [0.05, 0.1) is 22.7 Å². The summed E-state index contributed by atoms with van der Waals surface area (Å²) in [6, 6.07) is 10.7. The van der Waals surface area contributed by atoms with E-state index in [1.165, 1.54) is 37.4 Å². The van der Waals surface area contributed by atoms with Crippen LogP contribution in [0.4, 0.5) is 5.69 Å². The molecule has 0 saturated carbocycles. The molecule has 0 saturated heterocycles. The number of nitrogens with zero attached hydrogens (tertiary/aromatic N) is 1. The number of hydrogen-bond acceptors (Lipinski definition) is 4. The summed E-state index contributed by atoms with van der Waals surface area (Å²) in [5.41, 5.74) is 1.02. The molecule has 0 N–H and O–H groups in total. The molecule has 2 aromatic rings. The zero-order chi connectivity index (χ0) is 17.9. The van der Waals surface area contributed by atoms with E-state index in [1.807, 2.05) is 6.92 Å². The standard InChI is InChI=1S/C16H15Cl2NO4S/c1-11-3-6-13(7-4-11)24(21,22)19(10-16(20)23-2)15-9-12(17)5-8-14(15)18/h3-9H,10H2,1-2H3. The van der Waals surface area contributed by atoms with Crippen molar-refractivity contribution >= 4 is 44.9 Å². The molecule has 2 aromatic carbocycles. The van der Waals surface area contributed by atoms with Gasteiger partial charge in [0.25, 0.3) is 10.0 Å². The molecule has 0 amide bonds. The number of esters is 1. The molecule has 8 heteroatoms. The van der Waals surface area contributed by atoms with Crippen LogP contribution in [0.3, 0.4) is 0 Å². The summed E-state index contributed by atoms with van der Waals surface area (Å²) in [5.74, 6) is -0.721. The van der Waals surface area contributed by atoms with Gasteiger partial charge in [-0.3, -0.25) is 9.10 Å². The molecule has 0 aliphatic carbocycles. The second-order valence-corrected chi connectivity index (χ2v) is 7.70. The first-order chi connectivity index (χ1) is 11.3. The van der Waals surface area contributed by atoms with Crippen LogP contribution >= 0.6 is 23.2 Å². The Bertz CT molecular complexity index is 851. The molecule has 5 nitrogen and oxygen atoms in total. The van der Waals surface area contributed by atoms with Crippen LogP contribution in [0.1, 0.15) is 5.56 Å². The molecule has 0 bridgehead atoms. The van der Waals surface area contributed by atoms with Crippen LogP contribution in [0, 0.1) is 6.92 Å². The summed E-state index contributed by atoms with van der Waals surface area (Å²) in [4.78, 5) is 11.8. The maximum atomic E-state index is 13.0. The summed E-state index contributed by atoms with van der Waals surface area (Å²) < 4.78 is 31.4. The molecule has 0 spiro atoms. The van der Waals surface area contributed by atoms with Gasteiger partial charge in [-0.1, -0.05) is 40.9 Å². The van der Waals surface area contributed by atoms with Crippen molar-refractivity contribution in [1.29, 1.82) is 0 Å². The molecule has 0 fully saturated rings. The highest BCUT2D eigenvalue weighted by Gasteiger charge is 2.29. The van der Waals surface area contributed by atoms with Crippen molar-refractivity contribution in [3.63, 3.8) is 0 Å². The van der Waals surface area contributed by atoms with Gasteiger partial charge >= 0.3 is 5.97 Å². The Labute approximate surface area is 150 Å². The average molecular weight is 388 g/mol. The minimum Gasteiger partial charge on any atom is -0.468 e. The Hall–Kier alpha value is -1.76. The van der Waals surface area contributed by atoms with Crippen LogP contribution in [0.25, 0.3) is 0 Å². The Morgan fingerprint density at radius 1 is 1.12 bits per heavy atom. The van der Waals surface area contributed by atoms with Crippen molar-refractivity contribution in [2.45, 2.75) is 11.8 Å². The van der Waals surface area contributed by atoms with Gasteiger partial charge in [-0.2, -0.15) is 0 Å². The fraction of sp³-hybridized carbons (Fsp3) is 0.188. The second kappa shape index (κ2) is 7.42. The number of methoxy groups -OCH3 is 1. The number of hydrogen-bond donors (Lipinski definition) is 0. The van der Waals surface area contributed by atoms with Gasteiger partial charge in [0, 0.05) is 5.02 Å². The predicted octanol–water partition coefficient (Wildman–Crippen LogP) is 3.67. The van der Waals surface area contributed by atoms with E-state index in [9.17, 15) is 13.2 Å². The quantitative estimate of drug-likeness (QED) is 0.734. The van der Waals surface area contributed by atoms with E-state index in [2.05, 4.69) is 4.74 Å². The summed E-state index contributed by atoms with van der Waals surface area (Å²) in [7, 11) is -2.85. The molecule has 0 atom stereocenters. The monoisotopic (exact) mass is 387 g/mol. The lowest BCUT2D eigenvalue weighted by Gasteiger charge is -2.24. The van der Waals surface area contributed by atoms with Gasteiger partial charge in [0.15, 0.2) is 0 Å². The number of halogens is 2. The van der Waals surface area contributed by atoms with Crippen LogP contribution in [0.15, 0.2) is 47.4 Å². The van der Waals surface area contributed by atoms with Crippen molar-refractivity contribution in [3.8, 4) is 0 Å². The lowest BCUT2D eigenvalue weighted by molar-refractivity contribution is -0.138. The summed E-state index contributed by atoms with van der Waals surface area (Å²) in [5, 5.41) is 0.447. The predicted molar refractivity (Wildman–Crippen MR) is 94.2 cm³/mol. The number of carbonyl (C=O) groups excluding carboxylic acids is 1. The van der Waals surface area contributed by atoms with Gasteiger partial charge in [-0.15, -0.1) is 0 Å². The van der Waals surface area contributed by atoms with E-state index in [1.54, 1.807) is 12.1 Å². The number of benzene rings is 2. The van der Waals surface area contributed by atoms with Gasteiger partial charge < -0.3 is 4.74 Å². The van der Waals surface area contributed by atoms with Gasteiger partial charge in [0.1, 0.15) is 6.54 Å². The van der Waals surface area contributed by atoms with E-state index in [4.69, 9.17) is 23.2 Å². The fourth-order valence-electron chi connectivity index (χ4n) is 2.00. The first-order valence-electron chi connectivity index (χ1n) is 6.87. The zero-order valence-electron chi connectivity index (χ0n) is 13.0. The number of rotatable bonds is 5. The van der Waals surface area contributed by atoms with E-state index in [-0.39, 0.29) is 15.6 Å². The Morgan fingerprint density at radius 2 is 1.75 bits per heavy atom. The maximum Gasteiger partial charge on any atom is 0.326 e. The Morgan fingerprint density at radius 3 is 2.33 bits per heavy atom. The highest BCUT2D eigenvalue weighted by Crippen LogP contribution is 2.33. The maximum absolute atomic E-state index is 13.0. The fourth-order valence-corrected chi connectivity index (χ4v) is 3.85. The highest BCUT2D eigenvalue weighted by atomic mass is 35.5. The summed E-state index contributed by atoms with van der Waals surface area (Å²) in [6.07, 6.45) is 0. The molecule has 0 unspecified atom stereocenters. The van der Waals surface area contributed by atoms with Gasteiger partial charge in [-0.25, -0.2) is 8.42 Å². The first-order valence-corrected chi connectivity index (χ1v) is 9.06. The molecule has 0 heterocycles. The molecule has 2 rings (SSSR count). The molecular weight excluding hydrogens is 373 g/mol. The Balaban J connectivity index is 2.59. The van der Waals surface area contributed by atoms with Crippen LogP contribution < -0.4 is 4.31 Å². The molecule has 0 radical (unpaired) electrons. The second-order valence-electron chi connectivity index (χ2n) is 5.00. The smallest absolute Gasteiger partial charge is 0.326 e. The van der Waals surface area contributed by atoms with Crippen molar-refractivity contribution < 1.29 is 17.9 Å². The van der Waals surface area contributed by atoms with Gasteiger partial charge in [0.2, 0.25) is 0 Å². The highest BCUT2D eigenvalue weighted by molar-refractivity contribution is 7.92. The van der Waals surface area contributed by atoms with Gasteiger partial charge in [-0.05, 0) is 37.3 Å². The third-order valence-electron chi connectivity index (χ3n) is 3.29. The van der Waals surface area contributed by atoms with E-state index in [0.29, 0.717) is 5.02 Å². The molecular formula is C16H15Cl2NO4S. The molecule has 0 aliphatic heterocycles. The molecule has 0 aromatic heterocycles. The SMILES string of the molecule is COC(=O)CN(c1cc(Cl)ccc1Cl)S(=O)(=O)c1ccc(C)cc1. The number of aryl methyl sites for hydroxylation is 1. The molecule has 0 aliphatic rings. The number of carbonyl (C=O) groups is 1. The molecule has 24 heavy (non-hydrogen) atoms. The zero-order valence-corrected chi connectivity index (χ0v) is 15.3.